The van der Waals surface area contributed by atoms with Crippen LogP contribution in [0.1, 0.15) is 52.4 Å². The molecule has 0 aliphatic heterocycles. The van der Waals surface area contributed by atoms with E-state index in [0.29, 0.717) is 16.2 Å². The van der Waals surface area contributed by atoms with Gasteiger partial charge in [-0.2, -0.15) is 0 Å². The first-order chi connectivity index (χ1) is 7.97. The van der Waals surface area contributed by atoms with Gasteiger partial charge in [0.05, 0.1) is 6.61 Å². The van der Waals surface area contributed by atoms with Crippen molar-refractivity contribution in [3.05, 3.63) is 0 Å². The van der Waals surface area contributed by atoms with Crippen molar-refractivity contribution in [1.29, 1.82) is 0 Å². The van der Waals surface area contributed by atoms with Crippen LogP contribution < -0.4 is 5.32 Å². The molecule has 0 saturated heterocycles. The lowest BCUT2D eigenvalue weighted by molar-refractivity contribution is -0.143. The van der Waals surface area contributed by atoms with E-state index in [-0.39, 0.29) is 6.61 Å². The van der Waals surface area contributed by atoms with Crippen LogP contribution >= 0.6 is 0 Å². The van der Waals surface area contributed by atoms with Gasteiger partial charge in [0.25, 0.3) is 0 Å². The molecule has 2 nitrogen and oxygen atoms in total. The van der Waals surface area contributed by atoms with Crippen LogP contribution in [0.5, 0.6) is 0 Å². The van der Waals surface area contributed by atoms with E-state index in [1.807, 2.05) is 0 Å². The average molecular weight is 237 g/mol. The maximum absolute atomic E-state index is 8.92. The molecule has 98 valence electrons. The minimum atomic E-state index is 0.272. The van der Waals surface area contributed by atoms with Crippen LogP contribution in [0, 0.1) is 22.2 Å². The molecule has 0 radical (unpaired) electrons. The van der Waals surface area contributed by atoms with E-state index in [2.05, 4.69) is 19.2 Å². The predicted molar refractivity (Wildman–Crippen MR) is 69.8 cm³/mol. The zero-order valence-corrected chi connectivity index (χ0v) is 11.4. The molecule has 0 aromatic heterocycles. The maximum atomic E-state index is 8.92. The monoisotopic (exact) mass is 237 g/mol. The Hall–Kier alpha value is -0.0800. The summed E-state index contributed by atoms with van der Waals surface area (Å²) in [4.78, 5) is 0. The predicted octanol–water partition coefficient (Wildman–Crippen LogP) is 2.56. The number of rotatable bonds is 4. The minimum Gasteiger partial charge on any atom is -0.395 e. The maximum Gasteiger partial charge on any atom is 0.0555 e. The Morgan fingerprint density at radius 1 is 1.06 bits per heavy atom. The van der Waals surface area contributed by atoms with Crippen LogP contribution in [0.15, 0.2) is 0 Å². The second-order valence-electron chi connectivity index (χ2n) is 8.03. The van der Waals surface area contributed by atoms with Crippen LogP contribution in [0.4, 0.5) is 0 Å². The topological polar surface area (TPSA) is 32.3 Å². The highest BCUT2D eigenvalue weighted by molar-refractivity contribution is 5.10. The Kier molecular flexibility index (Phi) is 2.61. The quantitative estimate of drug-likeness (QED) is 0.737. The molecule has 2 heteroatoms. The Labute approximate surface area is 105 Å². The van der Waals surface area contributed by atoms with Gasteiger partial charge in [-0.3, -0.25) is 0 Å². The SMILES string of the molecule is CC12CC3CC(C)(C1)CC(CNCCO)(C3)C2. The molecule has 0 amide bonds. The second kappa shape index (κ2) is 3.71. The van der Waals surface area contributed by atoms with Crippen molar-refractivity contribution in [2.45, 2.75) is 52.4 Å². The van der Waals surface area contributed by atoms with Crippen molar-refractivity contribution >= 4 is 0 Å². The molecule has 2 N–H and O–H groups in total. The normalized spacial score (nSPS) is 52.1. The zero-order valence-electron chi connectivity index (χ0n) is 11.4. The van der Waals surface area contributed by atoms with Crippen LogP contribution in [0.2, 0.25) is 0 Å². The smallest absolute Gasteiger partial charge is 0.0555 e. The standard InChI is InChI=1S/C15H27NO/c1-13-5-12-6-14(2,8-13)10-15(7-12,9-13)11-16-3-4-17/h12,16-17H,3-11H2,1-2H3. The summed E-state index contributed by atoms with van der Waals surface area (Å²) in [5, 5.41) is 12.4. The number of hydrogen-bond acceptors (Lipinski definition) is 2. The van der Waals surface area contributed by atoms with E-state index in [9.17, 15) is 0 Å². The van der Waals surface area contributed by atoms with Gasteiger partial charge in [-0.1, -0.05) is 13.8 Å². The summed E-state index contributed by atoms with van der Waals surface area (Å²) < 4.78 is 0. The van der Waals surface area contributed by atoms with Crippen LogP contribution in [-0.4, -0.2) is 24.8 Å². The largest absolute Gasteiger partial charge is 0.395 e. The Balaban J connectivity index is 1.77. The lowest BCUT2D eigenvalue weighted by Crippen LogP contribution is -2.57. The molecular formula is C15H27NO. The number of hydrogen-bond donors (Lipinski definition) is 2. The van der Waals surface area contributed by atoms with Gasteiger partial charge >= 0.3 is 0 Å². The van der Waals surface area contributed by atoms with Crippen LogP contribution in [0.3, 0.4) is 0 Å². The van der Waals surface area contributed by atoms with Gasteiger partial charge in [-0.25, -0.2) is 0 Å². The van der Waals surface area contributed by atoms with Gasteiger partial charge in [0.15, 0.2) is 0 Å². The van der Waals surface area contributed by atoms with E-state index in [4.69, 9.17) is 5.11 Å². The van der Waals surface area contributed by atoms with Gasteiger partial charge in [0.1, 0.15) is 0 Å². The van der Waals surface area contributed by atoms with E-state index in [1.54, 1.807) is 0 Å². The van der Waals surface area contributed by atoms with Gasteiger partial charge in [-0.15, -0.1) is 0 Å². The Morgan fingerprint density at radius 3 is 2.24 bits per heavy atom. The van der Waals surface area contributed by atoms with Crippen LogP contribution in [0.25, 0.3) is 0 Å². The molecule has 4 rings (SSSR count). The Bertz CT molecular complexity index is 296. The van der Waals surface area contributed by atoms with Gasteiger partial charge < -0.3 is 10.4 Å². The molecule has 0 spiro atoms. The van der Waals surface area contributed by atoms with Gasteiger partial charge in [0, 0.05) is 13.1 Å². The molecule has 4 saturated carbocycles. The number of aliphatic hydroxyl groups is 1. The average Bonchev–Trinajstić information content (AvgIpc) is 2.11. The lowest BCUT2D eigenvalue weighted by atomic mass is 9.40. The van der Waals surface area contributed by atoms with Crippen molar-refractivity contribution in [2.75, 3.05) is 19.7 Å². The van der Waals surface area contributed by atoms with E-state index in [1.165, 1.54) is 38.5 Å². The first kappa shape index (κ1) is 12.0. The lowest BCUT2D eigenvalue weighted by Gasteiger charge is -2.65. The molecule has 4 aliphatic rings. The summed E-state index contributed by atoms with van der Waals surface area (Å²) in [6.45, 7) is 7.22. The fraction of sp³-hybridized carbons (Fsp3) is 1.00. The van der Waals surface area contributed by atoms with E-state index < -0.39 is 0 Å². The van der Waals surface area contributed by atoms with Crippen LogP contribution in [-0.2, 0) is 0 Å². The fourth-order valence-corrected chi connectivity index (χ4v) is 6.31. The molecule has 17 heavy (non-hydrogen) atoms. The molecule has 0 aromatic rings. The summed E-state index contributed by atoms with van der Waals surface area (Å²) in [5.74, 6) is 0.983. The third-order valence-corrected chi connectivity index (χ3v) is 5.53. The Morgan fingerprint density at radius 2 is 1.71 bits per heavy atom. The molecule has 2 unspecified atom stereocenters. The highest BCUT2D eigenvalue weighted by Gasteiger charge is 2.59. The number of aliphatic hydroxyl groups excluding tert-OH is 1. The first-order valence-electron chi connectivity index (χ1n) is 7.28. The fourth-order valence-electron chi connectivity index (χ4n) is 6.31. The molecular weight excluding hydrogens is 210 g/mol. The van der Waals surface area contributed by atoms with E-state index in [0.717, 1.165) is 19.0 Å². The highest BCUT2D eigenvalue weighted by Crippen LogP contribution is 2.69. The zero-order chi connectivity index (χ0) is 12.1. The van der Waals surface area contributed by atoms with Gasteiger partial charge in [-0.05, 0) is 60.7 Å². The summed E-state index contributed by atoms with van der Waals surface area (Å²) in [5.41, 5.74) is 1.79. The van der Waals surface area contributed by atoms with Crippen molar-refractivity contribution < 1.29 is 5.11 Å². The van der Waals surface area contributed by atoms with Crippen molar-refractivity contribution in [2.24, 2.45) is 22.2 Å². The summed E-state index contributed by atoms with van der Waals surface area (Å²) in [6, 6.07) is 0. The molecule has 2 atom stereocenters. The van der Waals surface area contributed by atoms with Crippen molar-refractivity contribution in [1.82, 2.24) is 5.32 Å². The number of nitrogens with one attached hydrogen (secondary N) is 1. The molecule has 4 fully saturated rings. The molecule has 0 heterocycles. The third-order valence-electron chi connectivity index (χ3n) is 5.53. The molecule has 0 aromatic carbocycles. The first-order valence-corrected chi connectivity index (χ1v) is 7.28. The van der Waals surface area contributed by atoms with E-state index >= 15 is 0 Å². The van der Waals surface area contributed by atoms with Crippen molar-refractivity contribution in [3.63, 3.8) is 0 Å². The minimum absolute atomic E-state index is 0.272. The molecule has 4 bridgehead atoms. The molecule has 4 aliphatic carbocycles. The third kappa shape index (κ3) is 2.04. The second-order valence-corrected chi connectivity index (χ2v) is 8.03. The summed E-state index contributed by atoms with van der Waals surface area (Å²) in [6.07, 6.45) is 8.69. The summed E-state index contributed by atoms with van der Waals surface area (Å²) in [7, 11) is 0. The van der Waals surface area contributed by atoms with Gasteiger partial charge in [0.2, 0.25) is 0 Å². The highest BCUT2D eigenvalue weighted by atomic mass is 16.3. The summed E-state index contributed by atoms with van der Waals surface area (Å²) >= 11 is 0. The van der Waals surface area contributed by atoms with Crippen molar-refractivity contribution in [3.8, 4) is 0 Å².